The molecule has 0 spiro atoms. The monoisotopic (exact) mass is 498 g/mol. The summed E-state index contributed by atoms with van der Waals surface area (Å²) in [5, 5.41) is 8.09. The van der Waals surface area contributed by atoms with Gasteiger partial charge in [-0.25, -0.2) is 0 Å². The van der Waals surface area contributed by atoms with Crippen LogP contribution < -0.4 is 10.2 Å². The smallest absolute Gasteiger partial charge is 0.277 e. The van der Waals surface area contributed by atoms with Crippen molar-refractivity contribution >= 4 is 17.5 Å². The zero-order valence-electron chi connectivity index (χ0n) is 22.5. The Morgan fingerprint density at radius 2 is 1.73 bits per heavy atom. The lowest BCUT2D eigenvalue weighted by molar-refractivity contribution is -0.127. The second-order valence-corrected chi connectivity index (χ2v) is 11.1. The lowest BCUT2D eigenvalue weighted by atomic mass is 9.91. The average Bonchev–Trinajstić information content (AvgIpc) is 3.33. The van der Waals surface area contributed by atoms with Crippen LogP contribution in [0.2, 0.25) is 0 Å². The van der Waals surface area contributed by atoms with Crippen molar-refractivity contribution in [2.24, 2.45) is 0 Å². The van der Waals surface area contributed by atoms with Crippen molar-refractivity contribution in [3.05, 3.63) is 71.4 Å². The Kier molecular flexibility index (Phi) is 6.93. The van der Waals surface area contributed by atoms with E-state index in [4.69, 9.17) is 5.10 Å². The van der Waals surface area contributed by atoms with Crippen molar-refractivity contribution in [3.8, 4) is 11.3 Å². The van der Waals surface area contributed by atoms with Gasteiger partial charge in [0, 0.05) is 17.3 Å². The average molecular weight is 499 g/mol. The number of rotatable bonds is 6. The minimum Gasteiger partial charge on any atom is -0.351 e. The molecule has 1 aromatic heterocycles. The number of nitrogens with zero attached hydrogens (tertiary/aromatic N) is 3. The van der Waals surface area contributed by atoms with Crippen molar-refractivity contribution in [2.75, 3.05) is 4.90 Å². The number of carbonyl (C=O) groups excluding carboxylic acids is 2. The van der Waals surface area contributed by atoms with Crippen LogP contribution in [0.4, 0.5) is 5.69 Å². The molecule has 1 aliphatic carbocycles. The van der Waals surface area contributed by atoms with Gasteiger partial charge >= 0.3 is 0 Å². The Labute approximate surface area is 220 Å². The van der Waals surface area contributed by atoms with Crippen molar-refractivity contribution < 1.29 is 9.59 Å². The van der Waals surface area contributed by atoms with Gasteiger partial charge in [0.15, 0.2) is 0 Å². The Bertz CT molecular complexity index is 1270. The van der Waals surface area contributed by atoms with Crippen LogP contribution in [-0.2, 0) is 17.8 Å². The van der Waals surface area contributed by atoms with E-state index in [0.29, 0.717) is 18.2 Å². The van der Waals surface area contributed by atoms with Crippen molar-refractivity contribution in [2.45, 2.75) is 90.3 Å². The summed E-state index contributed by atoms with van der Waals surface area (Å²) >= 11 is 0. The third kappa shape index (κ3) is 4.81. The molecule has 1 atom stereocenters. The number of aryl methyl sites for hydroxylation is 1. The second-order valence-electron chi connectivity index (χ2n) is 11.1. The highest BCUT2D eigenvalue weighted by atomic mass is 16.2. The van der Waals surface area contributed by atoms with Crippen LogP contribution in [0.1, 0.15) is 87.3 Å². The Morgan fingerprint density at radius 1 is 1.05 bits per heavy atom. The fraction of sp³-hybridized carbons (Fsp3) is 0.452. The number of amides is 2. The van der Waals surface area contributed by atoms with Gasteiger partial charge in [0.05, 0.1) is 12.2 Å². The Hall–Kier alpha value is -3.41. The number of hydrogen-bond acceptors (Lipinski definition) is 3. The molecule has 1 N–H and O–H groups in total. The van der Waals surface area contributed by atoms with Crippen molar-refractivity contribution in [3.63, 3.8) is 0 Å². The maximum absolute atomic E-state index is 14.1. The molecule has 1 fully saturated rings. The molecule has 1 saturated carbocycles. The molecule has 0 bridgehead atoms. The molecular weight excluding hydrogens is 460 g/mol. The summed E-state index contributed by atoms with van der Waals surface area (Å²) in [6.45, 7) is 8.60. The lowest BCUT2D eigenvalue weighted by Crippen LogP contribution is -2.65. The predicted octanol–water partition coefficient (Wildman–Crippen LogP) is 6.10. The first-order chi connectivity index (χ1) is 17.8. The van der Waals surface area contributed by atoms with Gasteiger partial charge in [-0.05, 0) is 61.4 Å². The van der Waals surface area contributed by atoms with E-state index in [-0.39, 0.29) is 17.9 Å². The largest absolute Gasteiger partial charge is 0.351 e. The zero-order valence-corrected chi connectivity index (χ0v) is 22.5. The number of fused-ring (bicyclic) bond motifs is 1. The first-order valence-corrected chi connectivity index (χ1v) is 13.7. The van der Waals surface area contributed by atoms with E-state index >= 15 is 0 Å². The van der Waals surface area contributed by atoms with E-state index in [1.165, 1.54) is 17.5 Å². The molecule has 2 heterocycles. The predicted molar refractivity (Wildman–Crippen MR) is 148 cm³/mol. The van der Waals surface area contributed by atoms with Gasteiger partial charge in [-0.15, -0.1) is 0 Å². The molecule has 0 radical (unpaired) electrons. The summed E-state index contributed by atoms with van der Waals surface area (Å²) in [6.07, 6.45) is 6.43. The van der Waals surface area contributed by atoms with Crippen LogP contribution in [0.25, 0.3) is 11.3 Å². The first-order valence-electron chi connectivity index (χ1n) is 13.7. The number of benzene rings is 2. The molecule has 2 amide bonds. The number of aromatic nitrogens is 2. The topological polar surface area (TPSA) is 67.2 Å². The molecular formula is C31H38N4O2. The standard InChI is InChI=1S/C31H38N4O2/c1-5-22-11-13-24(14-12-22)27-19-28-29(36)35(26-17-15-23(16-18-26)21(2)3)31(4,20-34(28)33-27)30(37)32-25-9-7-6-8-10-25/h11-19,21,25H,5-10,20H2,1-4H3,(H,32,37). The SMILES string of the molecule is CCc1ccc(-c2cc3n(n2)CC(C)(C(=O)NC2CCCCC2)N(c2ccc(C(C)C)cc2)C3=O)cc1. The highest BCUT2D eigenvalue weighted by molar-refractivity contribution is 6.12. The summed E-state index contributed by atoms with van der Waals surface area (Å²) < 4.78 is 1.73. The summed E-state index contributed by atoms with van der Waals surface area (Å²) in [7, 11) is 0. The van der Waals surface area contributed by atoms with E-state index in [9.17, 15) is 9.59 Å². The molecule has 3 aromatic rings. The zero-order chi connectivity index (χ0) is 26.2. The van der Waals surface area contributed by atoms with Crippen LogP contribution in [0.15, 0.2) is 54.6 Å². The normalized spacial score (nSPS) is 20.2. The number of hydrogen-bond donors (Lipinski definition) is 1. The summed E-state index contributed by atoms with van der Waals surface area (Å²) in [6, 6.07) is 18.4. The molecule has 6 nitrogen and oxygen atoms in total. The maximum Gasteiger partial charge on any atom is 0.277 e. The second kappa shape index (κ2) is 10.2. The minimum absolute atomic E-state index is 0.115. The van der Waals surface area contributed by atoms with E-state index in [1.54, 1.807) is 9.58 Å². The fourth-order valence-electron chi connectivity index (χ4n) is 5.63. The van der Waals surface area contributed by atoms with Crippen molar-refractivity contribution in [1.82, 2.24) is 15.1 Å². The van der Waals surface area contributed by atoms with Gasteiger partial charge in [0.1, 0.15) is 11.2 Å². The van der Waals surface area contributed by atoms with Gasteiger partial charge in [-0.2, -0.15) is 5.10 Å². The van der Waals surface area contributed by atoms with Crippen LogP contribution >= 0.6 is 0 Å². The summed E-state index contributed by atoms with van der Waals surface area (Å²) in [5.41, 5.74) is 4.31. The first kappa shape index (κ1) is 25.2. The highest BCUT2D eigenvalue weighted by Crippen LogP contribution is 2.35. The Balaban J connectivity index is 1.54. The molecule has 2 aliphatic rings. The molecule has 2 aromatic carbocycles. The molecule has 194 valence electrons. The quantitative estimate of drug-likeness (QED) is 0.446. The molecule has 1 aliphatic heterocycles. The minimum atomic E-state index is -1.10. The number of nitrogens with one attached hydrogen (secondary N) is 1. The Morgan fingerprint density at radius 3 is 2.35 bits per heavy atom. The summed E-state index contributed by atoms with van der Waals surface area (Å²) in [5.74, 6) is 0.0691. The lowest BCUT2D eigenvalue weighted by Gasteiger charge is -2.44. The number of carbonyl (C=O) groups is 2. The van der Waals surface area contributed by atoms with Crippen LogP contribution in [-0.4, -0.2) is 33.2 Å². The van der Waals surface area contributed by atoms with Gasteiger partial charge in [0.2, 0.25) is 5.91 Å². The number of anilines is 1. The fourth-order valence-corrected chi connectivity index (χ4v) is 5.63. The maximum atomic E-state index is 14.1. The summed E-state index contributed by atoms with van der Waals surface area (Å²) in [4.78, 5) is 29.7. The third-order valence-electron chi connectivity index (χ3n) is 8.06. The van der Waals surface area contributed by atoms with E-state index in [2.05, 4.69) is 62.5 Å². The molecule has 0 saturated heterocycles. The highest BCUT2D eigenvalue weighted by Gasteiger charge is 2.49. The van der Waals surface area contributed by atoms with Crippen LogP contribution in [0.3, 0.4) is 0 Å². The van der Waals surface area contributed by atoms with Gasteiger partial charge in [-0.3, -0.25) is 19.2 Å². The van der Waals surface area contributed by atoms with E-state index in [0.717, 1.165) is 49.0 Å². The molecule has 5 rings (SSSR count). The van der Waals surface area contributed by atoms with Gasteiger partial charge in [-0.1, -0.05) is 76.4 Å². The molecule has 6 heteroatoms. The molecule has 37 heavy (non-hydrogen) atoms. The van der Waals surface area contributed by atoms with Gasteiger partial charge in [0.25, 0.3) is 5.91 Å². The van der Waals surface area contributed by atoms with Crippen LogP contribution in [0, 0.1) is 0 Å². The van der Waals surface area contributed by atoms with Crippen LogP contribution in [0.5, 0.6) is 0 Å². The van der Waals surface area contributed by atoms with E-state index in [1.807, 2.05) is 25.1 Å². The third-order valence-corrected chi connectivity index (χ3v) is 8.06. The van der Waals surface area contributed by atoms with E-state index < -0.39 is 5.54 Å². The van der Waals surface area contributed by atoms with Crippen molar-refractivity contribution in [1.29, 1.82) is 0 Å². The molecule has 1 unspecified atom stereocenters. The van der Waals surface area contributed by atoms with Gasteiger partial charge < -0.3 is 5.32 Å².